The summed E-state index contributed by atoms with van der Waals surface area (Å²) in [6, 6.07) is 12.1. The normalized spacial score (nSPS) is 16.4. The van der Waals surface area contributed by atoms with Crippen LogP contribution in [0.4, 0.5) is 18.0 Å². The quantitative estimate of drug-likeness (QED) is 0.126. The topological polar surface area (TPSA) is 148 Å². The van der Waals surface area contributed by atoms with Crippen LogP contribution in [0, 0.1) is 5.41 Å². The van der Waals surface area contributed by atoms with E-state index in [-0.39, 0.29) is 19.4 Å². The molecular formula is C41H51F3N6O6. The summed E-state index contributed by atoms with van der Waals surface area (Å²) in [4.78, 5) is 47.6. The number of methoxy groups -OCH3 is 1. The third-order valence-corrected chi connectivity index (χ3v) is 9.57. The molecule has 3 atom stereocenters. The molecule has 0 spiro atoms. The number of rotatable bonds is 13. The number of hydrogen-bond donors (Lipinski definition) is 3. The van der Waals surface area contributed by atoms with Crippen LogP contribution in [0.25, 0.3) is 33.4 Å². The van der Waals surface area contributed by atoms with Crippen molar-refractivity contribution in [2.75, 3.05) is 20.3 Å². The van der Waals surface area contributed by atoms with Crippen LogP contribution < -0.4 is 10.7 Å². The number of alkyl halides is 3. The van der Waals surface area contributed by atoms with Crippen molar-refractivity contribution >= 4 is 29.2 Å². The fraction of sp³-hybridized carbons (Fsp3) is 0.488. The molecule has 0 saturated carbocycles. The molecule has 4 heterocycles. The Morgan fingerprint density at radius 2 is 1.86 bits per heavy atom. The Morgan fingerprint density at radius 3 is 2.52 bits per heavy atom. The lowest BCUT2D eigenvalue weighted by atomic mass is 9.84. The number of hydrazine groups is 1. The number of aliphatic hydroxyl groups is 1. The highest BCUT2D eigenvalue weighted by atomic mass is 19.4. The number of amides is 2. The minimum absolute atomic E-state index is 0.0262. The first-order chi connectivity index (χ1) is 26.3. The van der Waals surface area contributed by atoms with Crippen LogP contribution in [-0.2, 0) is 38.4 Å². The van der Waals surface area contributed by atoms with Gasteiger partial charge in [0.25, 0.3) is 5.91 Å². The largest absolute Gasteiger partial charge is 0.444 e. The SMILES string of the molecule is CO[C@@H](C)c1ncccc1-c1c(CC(C)(C)CO)c2cc(-c3cccc(C[C@H](NC(=O)OC(C)(C)C)C(=O)N4CCCC(C=O)N4)n3)ccc2n1CC(F)(F)F. The molecule has 56 heavy (non-hydrogen) atoms. The predicted molar refractivity (Wildman–Crippen MR) is 205 cm³/mol. The fourth-order valence-corrected chi connectivity index (χ4v) is 6.87. The third-order valence-electron chi connectivity index (χ3n) is 9.57. The van der Waals surface area contributed by atoms with Gasteiger partial charge in [-0.1, -0.05) is 26.0 Å². The van der Waals surface area contributed by atoms with Crippen molar-refractivity contribution in [2.24, 2.45) is 5.41 Å². The highest BCUT2D eigenvalue weighted by molar-refractivity contribution is 5.95. The van der Waals surface area contributed by atoms with E-state index in [9.17, 15) is 32.7 Å². The first kappa shape index (κ1) is 42.3. The second-order valence-corrected chi connectivity index (χ2v) is 16.0. The Kier molecular flexibility index (Phi) is 12.9. The van der Waals surface area contributed by atoms with Crippen LogP contribution in [0.1, 0.15) is 77.4 Å². The number of nitrogens with one attached hydrogen (secondary N) is 2. The highest BCUT2D eigenvalue weighted by Gasteiger charge is 2.35. The molecule has 5 rings (SSSR count). The van der Waals surface area contributed by atoms with Crippen LogP contribution in [0.3, 0.4) is 0 Å². The van der Waals surface area contributed by atoms with E-state index in [0.29, 0.717) is 69.8 Å². The number of nitrogens with zero attached hydrogens (tertiary/aromatic N) is 4. The number of alkyl carbamates (subject to hydrolysis) is 1. The standard InChI is InChI=1S/C41H51F3N6O6/c1-25(55-7)35-29(13-9-17-45-35)36-31(21-40(5,6)24-52)30-19-26(15-16-34(30)49(36)23-41(42,43)44)32-14-8-11-27(46-32)20-33(47-38(54)56-39(2,3)4)37(53)50-18-10-12-28(22-51)48-50/h8-9,11,13-17,19,22,25,28,33,48,52H,10,12,18,20-21,23-24H2,1-7H3,(H,47,54)/t25-,28?,33-/m0/s1. The lowest BCUT2D eigenvalue weighted by Gasteiger charge is -2.34. The number of halogens is 3. The minimum atomic E-state index is -4.56. The Morgan fingerprint density at radius 1 is 1.11 bits per heavy atom. The molecule has 0 radical (unpaired) electrons. The molecule has 1 unspecified atom stereocenters. The first-order valence-corrected chi connectivity index (χ1v) is 18.6. The van der Waals surface area contributed by atoms with Gasteiger partial charge in [-0.05, 0) is 94.3 Å². The van der Waals surface area contributed by atoms with Crippen molar-refractivity contribution in [1.82, 2.24) is 30.3 Å². The summed E-state index contributed by atoms with van der Waals surface area (Å²) in [5.74, 6) is -0.469. The molecule has 1 fully saturated rings. The Balaban J connectivity index is 1.62. The van der Waals surface area contributed by atoms with E-state index in [1.54, 1.807) is 82.4 Å². The van der Waals surface area contributed by atoms with Gasteiger partial charge in [-0.15, -0.1) is 0 Å². The van der Waals surface area contributed by atoms with Crippen molar-refractivity contribution in [3.63, 3.8) is 0 Å². The Hall–Kier alpha value is -4.86. The maximum Gasteiger partial charge on any atom is 0.408 e. The summed E-state index contributed by atoms with van der Waals surface area (Å²) in [6.07, 6.45) is -2.19. The monoisotopic (exact) mass is 780 g/mol. The number of aromatic nitrogens is 3. The molecule has 1 saturated heterocycles. The van der Waals surface area contributed by atoms with Crippen molar-refractivity contribution in [1.29, 1.82) is 0 Å². The Bertz CT molecular complexity index is 2040. The second kappa shape index (κ2) is 17.1. The number of carbonyl (C=O) groups is 3. The van der Waals surface area contributed by atoms with E-state index >= 15 is 0 Å². The smallest absolute Gasteiger partial charge is 0.408 e. The molecule has 302 valence electrons. The molecule has 15 heteroatoms. The summed E-state index contributed by atoms with van der Waals surface area (Å²) in [6.45, 7) is 9.46. The molecular weight excluding hydrogens is 729 g/mol. The summed E-state index contributed by atoms with van der Waals surface area (Å²) in [5, 5.41) is 14.9. The minimum Gasteiger partial charge on any atom is -0.444 e. The Labute approximate surface area is 324 Å². The van der Waals surface area contributed by atoms with Crippen LogP contribution >= 0.6 is 0 Å². The fourth-order valence-electron chi connectivity index (χ4n) is 6.87. The zero-order chi connectivity index (χ0) is 41.0. The van der Waals surface area contributed by atoms with E-state index in [4.69, 9.17) is 14.5 Å². The zero-order valence-corrected chi connectivity index (χ0v) is 32.9. The van der Waals surface area contributed by atoms with E-state index in [0.717, 1.165) is 6.29 Å². The third kappa shape index (κ3) is 10.3. The molecule has 4 aromatic rings. The van der Waals surface area contributed by atoms with E-state index in [1.165, 1.54) is 16.7 Å². The van der Waals surface area contributed by atoms with Gasteiger partial charge in [-0.25, -0.2) is 10.2 Å². The van der Waals surface area contributed by atoms with Gasteiger partial charge >= 0.3 is 12.3 Å². The number of hydrogen-bond acceptors (Lipinski definition) is 9. The molecule has 1 aromatic carbocycles. The number of carbonyl (C=O) groups excluding carboxylic acids is 3. The van der Waals surface area contributed by atoms with E-state index in [2.05, 4.69) is 15.7 Å². The molecule has 1 aliphatic rings. The maximum atomic E-state index is 14.4. The molecule has 0 aliphatic carbocycles. The molecule has 0 bridgehead atoms. The number of fused-ring (bicyclic) bond motifs is 1. The van der Waals surface area contributed by atoms with Crippen LogP contribution in [-0.4, -0.2) is 87.1 Å². The van der Waals surface area contributed by atoms with Crippen molar-refractivity contribution < 1.29 is 42.1 Å². The maximum absolute atomic E-state index is 14.4. The van der Waals surface area contributed by atoms with Gasteiger partial charge in [0.2, 0.25) is 0 Å². The van der Waals surface area contributed by atoms with Crippen LogP contribution in [0.15, 0.2) is 54.7 Å². The highest BCUT2D eigenvalue weighted by Crippen LogP contribution is 2.42. The number of aliphatic hydroxyl groups excluding tert-OH is 1. The van der Waals surface area contributed by atoms with Gasteiger partial charge in [-0.2, -0.15) is 13.2 Å². The van der Waals surface area contributed by atoms with Gasteiger partial charge in [0, 0.05) is 60.6 Å². The number of ether oxygens (including phenoxy) is 2. The van der Waals surface area contributed by atoms with Crippen molar-refractivity contribution in [3.8, 4) is 22.5 Å². The lowest BCUT2D eigenvalue weighted by Crippen LogP contribution is -2.59. The molecule has 1 aliphatic heterocycles. The van der Waals surface area contributed by atoms with Gasteiger partial charge in [0.1, 0.15) is 24.5 Å². The average Bonchev–Trinajstić information content (AvgIpc) is 3.42. The van der Waals surface area contributed by atoms with Gasteiger partial charge in [0.05, 0.1) is 29.2 Å². The number of pyridine rings is 2. The van der Waals surface area contributed by atoms with Crippen LogP contribution in [0.2, 0.25) is 0 Å². The van der Waals surface area contributed by atoms with Crippen molar-refractivity contribution in [2.45, 2.75) is 104 Å². The lowest BCUT2D eigenvalue weighted by molar-refractivity contribution is -0.140. The molecule has 2 amide bonds. The van der Waals surface area contributed by atoms with E-state index < -0.39 is 53.9 Å². The van der Waals surface area contributed by atoms with Gasteiger partial charge in [-0.3, -0.25) is 19.8 Å². The van der Waals surface area contributed by atoms with Crippen LogP contribution in [0.5, 0.6) is 0 Å². The summed E-state index contributed by atoms with van der Waals surface area (Å²) < 4.78 is 55.4. The predicted octanol–water partition coefficient (Wildman–Crippen LogP) is 6.73. The van der Waals surface area contributed by atoms with Gasteiger partial charge in [0.15, 0.2) is 0 Å². The summed E-state index contributed by atoms with van der Waals surface area (Å²) in [7, 11) is 1.51. The van der Waals surface area contributed by atoms with E-state index in [1.807, 2.05) is 13.8 Å². The molecule has 12 nitrogen and oxygen atoms in total. The number of benzene rings is 1. The zero-order valence-electron chi connectivity index (χ0n) is 32.9. The summed E-state index contributed by atoms with van der Waals surface area (Å²) >= 11 is 0. The van der Waals surface area contributed by atoms with Crippen molar-refractivity contribution in [3.05, 3.63) is 71.7 Å². The molecule has 3 aromatic heterocycles. The average molecular weight is 781 g/mol. The summed E-state index contributed by atoms with van der Waals surface area (Å²) in [5.41, 5.74) is 5.18. The first-order valence-electron chi connectivity index (χ1n) is 18.6. The second-order valence-electron chi connectivity index (χ2n) is 16.0. The number of aldehydes is 1. The van der Waals surface area contributed by atoms with Gasteiger partial charge < -0.3 is 29.3 Å². The molecule has 3 N–H and O–H groups in total.